The van der Waals surface area contributed by atoms with Gasteiger partial charge in [-0.2, -0.15) is 5.26 Å². The molecule has 0 spiro atoms. The van der Waals surface area contributed by atoms with E-state index in [9.17, 15) is 4.79 Å². The Labute approximate surface area is 73.3 Å². The van der Waals surface area contributed by atoms with E-state index in [1.807, 2.05) is 19.9 Å². The topological polar surface area (TPSA) is 44.1 Å². The average Bonchev–Trinajstić information content (AvgIpc) is 2.03. The highest BCUT2D eigenvalue weighted by molar-refractivity contribution is 5.49. The number of nitrogens with zero attached hydrogens (tertiary/aromatic N) is 2. The first-order chi connectivity index (χ1) is 5.54. The van der Waals surface area contributed by atoms with E-state index in [2.05, 4.69) is 6.58 Å². The Balaban J connectivity index is 4.56. The van der Waals surface area contributed by atoms with Gasteiger partial charge in [-0.05, 0) is 5.92 Å². The van der Waals surface area contributed by atoms with Crippen LogP contribution in [0.1, 0.15) is 13.8 Å². The van der Waals surface area contributed by atoms with Crippen molar-refractivity contribution < 1.29 is 4.79 Å². The van der Waals surface area contributed by atoms with E-state index in [0.29, 0.717) is 12.0 Å². The molecule has 0 fully saturated rings. The van der Waals surface area contributed by atoms with Crippen molar-refractivity contribution in [2.75, 3.05) is 7.05 Å². The minimum absolute atomic E-state index is 0.174. The Morgan fingerprint density at radius 3 is 2.42 bits per heavy atom. The zero-order chi connectivity index (χ0) is 9.72. The van der Waals surface area contributed by atoms with Gasteiger partial charge in [-0.3, -0.25) is 4.79 Å². The van der Waals surface area contributed by atoms with Crippen LogP contribution >= 0.6 is 0 Å². The maximum Gasteiger partial charge on any atom is 0.209 e. The molecule has 0 aliphatic rings. The second-order valence-electron chi connectivity index (χ2n) is 3.10. The van der Waals surface area contributed by atoms with E-state index in [1.54, 1.807) is 7.05 Å². The number of carbonyl (C=O) groups is 1. The minimum atomic E-state index is -0.174. The molecule has 12 heavy (non-hydrogen) atoms. The molecule has 3 heteroatoms. The molecule has 0 saturated heterocycles. The molecule has 1 unspecified atom stereocenters. The average molecular weight is 166 g/mol. The molecule has 0 bridgehead atoms. The van der Waals surface area contributed by atoms with Crippen LogP contribution in [0.3, 0.4) is 0 Å². The van der Waals surface area contributed by atoms with Crippen molar-refractivity contribution in [3.8, 4) is 6.07 Å². The third-order valence-electron chi connectivity index (χ3n) is 1.74. The summed E-state index contributed by atoms with van der Waals surface area (Å²) < 4.78 is 0. The van der Waals surface area contributed by atoms with Crippen molar-refractivity contribution in [3.05, 3.63) is 12.2 Å². The second kappa shape index (κ2) is 4.55. The van der Waals surface area contributed by atoms with Crippen LogP contribution in [-0.2, 0) is 4.79 Å². The highest BCUT2D eigenvalue weighted by Crippen LogP contribution is 2.14. The van der Waals surface area contributed by atoms with E-state index in [0.717, 1.165) is 0 Å². The molecule has 0 radical (unpaired) electrons. The molecule has 0 saturated carbocycles. The Kier molecular flexibility index (Phi) is 4.06. The molecule has 0 N–H and O–H groups in total. The maximum absolute atomic E-state index is 10.4. The van der Waals surface area contributed by atoms with Gasteiger partial charge in [0.05, 0.1) is 12.1 Å². The molecular formula is C9H14N2O. The van der Waals surface area contributed by atoms with E-state index in [4.69, 9.17) is 5.26 Å². The molecule has 1 atom stereocenters. The molecule has 0 aromatic carbocycles. The van der Waals surface area contributed by atoms with Crippen molar-refractivity contribution in [3.63, 3.8) is 0 Å². The molecule has 66 valence electrons. The van der Waals surface area contributed by atoms with Crippen LogP contribution in [0.25, 0.3) is 0 Å². The van der Waals surface area contributed by atoms with Crippen molar-refractivity contribution in [2.24, 2.45) is 5.92 Å². The first-order valence-corrected chi connectivity index (χ1v) is 3.80. The lowest BCUT2D eigenvalue weighted by atomic mass is 9.97. The standard InChI is InChI=1S/C9H14N2O/c1-7(2)9(8(3)5-10)11(4)6-12/h6-7,9H,3H2,1-2,4H3. The van der Waals surface area contributed by atoms with Gasteiger partial charge in [-0.15, -0.1) is 0 Å². The lowest BCUT2D eigenvalue weighted by Gasteiger charge is -2.26. The number of nitriles is 1. The molecule has 3 nitrogen and oxygen atoms in total. The molecular weight excluding hydrogens is 152 g/mol. The van der Waals surface area contributed by atoms with Gasteiger partial charge in [0.2, 0.25) is 6.41 Å². The predicted molar refractivity (Wildman–Crippen MR) is 47.2 cm³/mol. The molecule has 0 aliphatic heterocycles. The van der Waals surface area contributed by atoms with Crippen LogP contribution in [0.2, 0.25) is 0 Å². The van der Waals surface area contributed by atoms with Gasteiger partial charge in [0.1, 0.15) is 0 Å². The van der Waals surface area contributed by atoms with Gasteiger partial charge >= 0.3 is 0 Å². The van der Waals surface area contributed by atoms with Gasteiger partial charge in [0.15, 0.2) is 0 Å². The van der Waals surface area contributed by atoms with Crippen molar-refractivity contribution in [1.82, 2.24) is 4.90 Å². The van der Waals surface area contributed by atoms with Crippen molar-refractivity contribution >= 4 is 6.41 Å². The number of amides is 1. The summed E-state index contributed by atoms with van der Waals surface area (Å²) in [5, 5.41) is 8.61. The monoisotopic (exact) mass is 166 g/mol. The fraction of sp³-hybridized carbons (Fsp3) is 0.556. The highest BCUT2D eigenvalue weighted by Gasteiger charge is 2.20. The van der Waals surface area contributed by atoms with Gasteiger partial charge in [0.25, 0.3) is 0 Å². The van der Waals surface area contributed by atoms with E-state index >= 15 is 0 Å². The Morgan fingerprint density at radius 2 is 2.17 bits per heavy atom. The fourth-order valence-electron chi connectivity index (χ4n) is 1.25. The second-order valence-corrected chi connectivity index (χ2v) is 3.10. The third-order valence-corrected chi connectivity index (χ3v) is 1.74. The number of hydrogen-bond donors (Lipinski definition) is 0. The summed E-state index contributed by atoms with van der Waals surface area (Å²) in [6.45, 7) is 7.51. The number of rotatable bonds is 4. The summed E-state index contributed by atoms with van der Waals surface area (Å²) in [5.41, 5.74) is 0.430. The summed E-state index contributed by atoms with van der Waals surface area (Å²) in [6.07, 6.45) is 0.715. The zero-order valence-corrected chi connectivity index (χ0v) is 7.74. The van der Waals surface area contributed by atoms with Crippen LogP contribution in [0.4, 0.5) is 0 Å². The van der Waals surface area contributed by atoms with Gasteiger partial charge in [0, 0.05) is 12.6 Å². The lowest BCUT2D eigenvalue weighted by Crippen LogP contribution is -2.35. The van der Waals surface area contributed by atoms with Gasteiger partial charge in [-0.1, -0.05) is 20.4 Å². The minimum Gasteiger partial charge on any atom is -0.340 e. The summed E-state index contributed by atoms with van der Waals surface area (Å²) in [5.74, 6) is 0.215. The first-order valence-electron chi connectivity index (χ1n) is 3.80. The maximum atomic E-state index is 10.4. The number of hydrogen-bond acceptors (Lipinski definition) is 2. The third kappa shape index (κ3) is 2.39. The van der Waals surface area contributed by atoms with E-state index < -0.39 is 0 Å². The van der Waals surface area contributed by atoms with Crippen LogP contribution in [0.5, 0.6) is 0 Å². The van der Waals surface area contributed by atoms with Gasteiger partial charge in [-0.25, -0.2) is 0 Å². The molecule has 1 amide bonds. The molecule has 0 aromatic rings. The molecule has 0 aliphatic carbocycles. The van der Waals surface area contributed by atoms with Crippen LogP contribution in [0.15, 0.2) is 12.2 Å². The SMILES string of the molecule is C=C(C#N)C(C(C)C)N(C)C=O. The Bertz CT molecular complexity index is 215. The summed E-state index contributed by atoms with van der Waals surface area (Å²) in [6, 6.07) is 1.79. The fourth-order valence-corrected chi connectivity index (χ4v) is 1.25. The highest BCUT2D eigenvalue weighted by atomic mass is 16.1. The van der Waals surface area contributed by atoms with Crippen LogP contribution < -0.4 is 0 Å². The Morgan fingerprint density at radius 1 is 1.67 bits per heavy atom. The largest absolute Gasteiger partial charge is 0.340 e. The summed E-state index contributed by atoms with van der Waals surface area (Å²) in [7, 11) is 1.65. The summed E-state index contributed by atoms with van der Waals surface area (Å²) in [4.78, 5) is 11.9. The quantitative estimate of drug-likeness (QED) is 0.465. The normalized spacial score (nSPS) is 11.9. The van der Waals surface area contributed by atoms with E-state index in [-0.39, 0.29) is 12.0 Å². The molecule has 0 rings (SSSR count). The smallest absolute Gasteiger partial charge is 0.209 e. The number of carbonyl (C=O) groups excluding carboxylic acids is 1. The summed E-state index contributed by atoms with van der Waals surface area (Å²) >= 11 is 0. The zero-order valence-electron chi connectivity index (χ0n) is 7.74. The predicted octanol–water partition coefficient (Wildman–Crippen LogP) is 1.18. The molecule has 0 heterocycles. The van der Waals surface area contributed by atoms with Crippen LogP contribution in [0, 0.1) is 17.2 Å². The van der Waals surface area contributed by atoms with Crippen LogP contribution in [-0.4, -0.2) is 24.4 Å². The molecule has 0 aromatic heterocycles. The number of likely N-dealkylation sites (N-methyl/N-ethyl adjacent to an activating group) is 1. The van der Waals surface area contributed by atoms with Gasteiger partial charge < -0.3 is 4.90 Å². The first kappa shape index (κ1) is 10.7. The lowest BCUT2D eigenvalue weighted by molar-refractivity contribution is -0.118. The van der Waals surface area contributed by atoms with Crippen molar-refractivity contribution in [1.29, 1.82) is 5.26 Å². The van der Waals surface area contributed by atoms with E-state index in [1.165, 1.54) is 4.90 Å². The van der Waals surface area contributed by atoms with Crippen molar-refractivity contribution in [2.45, 2.75) is 19.9 Å². The Hall–Kier alpha value is -1.30.